The van der Waals surface area contributed by atoms with Crippen LogP contribution in [-0.4, -0.2) is 15.0 Å². The molecule has 31 heavy (non-hydrogen) atoms. The van der Waals surface area contributed by atoms with Crippen LogP contribution >= 0.6 is 11.6 Å². The van der Waals surface area contributed by atoms with E-state index in [1.165, 1.54) is 0 Å². The number of benzene rings is 4. The smallest absolute Gasteiger partial charge is 0.164 e. The van der Waals surface area contributed by atoms with E-state index in [1.54, 1.807) is 0 Å². The lowest BCUT2D eigenvalue weighted by atomic mass is 10.0. The van der Waals surface area contributed by atoms with Crippen LogP contribution in [0.15, 0.2) is 109 Å². The second kappa shape index (κ2) is 8.50. The molecule has 1 heterocycles. The van der Waals surface area contributed by atoms with Gasteiger partial charge in [0.25, 0.3) is 0 Å². The normalized spacial score (nSPS) is 10.7. The maximum absolute atomic E-state index is 6.23. The van der Waals surface area contributed by atoms with Crippen LogP contribution in [0.4, 0.5) is 0 Å². The lowest BCUT2D eigenvalue weighted by Gasteiger charge is -2.09. The second-order valence-electron chi connectivity index (χ2n) is 7.13. The summed E-state index contributed by atoms with van der Waals surface area (Å²) in [4.78, 5) is 14.3. The third-order valence-electron chi connectivity index (χ3n) is 4.98. The maximum Gasteiger partial charge on any atom is 0.164 e. The van der Waals surface area contributed by atoms with E-state index >= 15 is 0 Å². The first kappa shape index (κ1) is 19.2. The van der Waals surface area contributed by atoms with Crippen molar-refractivity contribution in [2.24, 2.45) is 0 Å². The Hall–Kier alpha value is -3.82. The zero-order valence-electron chi connectivity index (χ0n) is 16.6. The van der Waals surface area contributed by atoms with Crippen LogP contribution in [-0.2, 0) is 0 Å². The van der Waals surface area contributed by atoms with Crippen molar-refractivity contribution in [2.45, 2.75) is 0 Å². The minimum absolute atomic E-state index is 0.594. The summed E-state index contributed by atoms with van der Waals surface area (Å²) in [6.07, 6.45) is 0. The molecule has 1 aromatic heterocycles. The number of halogens is 1. The molecule has 4 aromatic carbocycles. The first-order valence-electron chi connectivity index (χ1n) is 9.99. The van der Waals surface area contributed by atoms with Gasteiger partial charge >= 0.3 is 0 Å². The van der Waals surface area contributed by atoms with Gasteiger partial charge in [0.15, 0.2) is 17.5 Å². The monoisotopic (exact) mass is 419 g/mol. The average Bonchev–Trinajstić information content (AvgIpc) is 2.85. The largest absolute Gasteiger partial charge is 0.208 e. The van der Waals surface area contributed by atoms with Crippen LogP contribution < -0.4 is 0 Å². The standard InChI is InChI=1S/C27H18ClN3/c28-24-16-8-15-23(18-24)27-30-25(20-11-5-2-6-12-20)29-26(31-27)22-14-7-13-21(17-22)19-9-3-1-4-10-19/h1-18H. The summed E-state index contributed by atoms with van der Waals surface area (Å²) in [6, 6.07) is 36.1. The first-order valence-corrected chi connectivity index (χ1v) is 10.4. The molecular weight excluding hydrogens is 402 g/mol. The van der Waals surface area contributed by atoms with Crippen LogP contribution in [0.3, 0.4) is 0 Å². The molecule has 0 radical (unpaired) electrons. The maximum atomic E-state index is 6.23. The third kappa shape index (κ3) is 4.23. The lowest BCUT2D eigenvalue weighted by molar-refractivity contribution is 1.07. The Morgan fingerprint density at radius 2 is 0.839 bits per heavy atom. The molecule has 0 aliphatic carbocycles. The van der Waals surface area contributed by atoms with Gasteiger partial charge in [-0.3, -0.25) is 0 Å². The third-order valence-corrected chi connectivity index (χ3v) is 5.21. The molecule has 0 saturated carbocycles. The van der Waals surface area contributed by atoms with E-state index in [0.29, 0.717) is 22.5 Å². The molecular formula is C27H18ClN3. The van der Waals surface area contributed by atoms with E-state index in [9.17, 15) is 0 Å². The summed E-state index contributed by atoms with van der Waals surface area (Å²) >= 11 is 6.23. The van der Waals surface area contributed by atoms with Crippen LogP contribution in [0, 0.1) is 0 Å². The van der Waals surface area contributed by atoms with Crippen molar-refractivity contribution in [2.75, 3.05) is 0 Å². The van der Waals surface area contributed by atoms with Gasteiger partial charge in [0.1, 0.15) is 0 Å². The van der Waals surface area contributed by atoms with Crippen LogP contribution in [0.1, 0.15) is 0 Å². The molecule has 0 N–H and O–H groups in total. The van der Waals surface area contributed by atoms with Crippen molar-refractivity contribution in [3.05, 3.63) is 114 Å². The summed E-state index contributed by atoms with van der Waals surface area (Å²) in [5, 5.41) is 0.645. The molecule has 5 aromatic rings. The molecule has 148 valence electrons. The van der Waals surface area contributed by atoms with Gasteiger partial charge < -0.3 is 0 Å². The number of aromatic nitrogens is 3. The molecule has 0 amide bonds. The number of hydrogen-bond acceptors (Lipinski definition) is 3. The van der Waals surface area contributed by atoms with Gasteiger partial charge in [0.2, 0.25) is 0 Å². The van der Waals surface area contributed by atoms with E-state index in [0.717, 1.165) is 27.8 Å². The van der Waals surface area contributed by atoms with Gasteiger partial charge in [0.05, 0.1) is 0 Å². The van der Waals surface area contributed by atoms with Crippen molar-refractivity contribution < 1.29 is 0 Å². The fourth-order valence-corrected chi connectivity index (χ4v) is 3.64. The first-order chi connectivity index (χ1) is 15.3. The van der Waals surface area contributed by atoms with Gasteiger partial charge in [-0.25, -0.2) is 15.0 Å². The number of rotatable bonds is 4. The molecule has 0 saturated heterocycles. The molecule has 4 heteroatoms. The lowest BCUT2D eigenvalue weighted by Crippen LogP contribution is -2.00. The Bertz CT molecular complexity index is 1340. The van der Waals surface area contributed by atoms with Crippen molar-refractivity contribution in [3.63, 3.8) is 0 Å². The highest BCUT2D eigenvalue weighted by Gasteiger charge is 2.13. The zero-order valence-corrected chi connectivity index (χ0v) is 17.4. The fraction of sp³-hybridized carbons (Fsp3) is 0. The van der Waals surface area contributed by atoms with Gasteiger partial charge in [-0.1, -0.05) is 103 Å². The molecule has 0 aliphatic rings. The molecule has 5 rings (SSSR count). The van der Waals surface area contributed by atoms with E-state index in [-0.39, 0.29) is 0 Å². The van der Waals surface area contributed by atoms with E-state index in [2.05, 4.69) is 24.3 Å². The van der Waals surface area contributed by atoms with E-state index < -0.39 is 0 Å². The highest BCUT2D eigenvalue weighted by Crippen LogP contribution is 2.28. The van der Waals surface area contributed by atoms with Crippen molar-refractivity contribution in [1.82, 2.24) is 15.0 Å². The molecule has 0 unspecified atom stereocenters. The van der Waals surface area contributed by atoms with Crippen LogP contribution in [0.5, 0.6) is 0 Å². The van der Waals surface area contributed by atoms with Gasteiger partial charge in [-0.15, -0.1) is 0 Å². The summed E-state index contributed by atoms with van der Waals surface area (Å²) in [5.41, 5.74) is 4.99. The topological polar surface area (TPSA) is 38.7 Å². The van der Waals surface area contributed by atoms with Crippen LogP contribution in [0.25, 0.3) is 45.3 Å². The Labute approximate surface area is 186 Å². The summed E-state index contributed by atoms with van der Waals surface area (Å²) in [7, 11) is 0. The molecule has 0 atom stereocenters. The highest BCUT2D eigenvalue weighted by atomic mass is 35.5. The van der Waals surface area contributed by atoms with Gasteiger partial charge in [0, 0.05) is 21.7 Å². The van der Waals surface area contributed by atoms with E-state index in [1.807, 2.05) is 84.9 Å². The molecule has 0 aliphatic heterocycles. The molecule has 0 fully saturated rings. The van der Waals surface area contributed by atoms with Crippen LogP contribution in [0.2, 0.25) is 5.02 Å². The summed E-state index contributed by atoms with van der Waals surface area (Å²) < 4.78 is 0. The number of hydrogen-bond donors (Lipinski definition) is 0. The fourth-order valence-electron chi connectivity index (χ4n) is 3.45. The van der Waals surface area contributed by atoms with Crippen molar-refractivity contribution >= 4 is 11.6 Å². The second-order valence-corrected chi connectivity index (χ2v) is 7.57. The molecule has 0 spiro atoms. The van der Waals surface area contributed by atoms with Crippen molar-refractivity contribution in [1.29, 1.82) is 0 Å². The summed E-state index contributed by atoms with van der Waals surface area (Å²) in [6.45, 7) is 0. The average molecular weight is 420 g/mol. The Kier molecular flexibility index (Phi) is 5.26. The Morgan fingerprint density at radius 1 is 0.387 bits per heavy atom. The van der Waals surface area contributed by atoms with E-state index in [4.69, 9.17) is 26.6 Å². The summed E-state index contributed by atoms with van der Waals surface area (Å²) in [5.74, 6) is 1.85. The molecule has 3 nitrogen and oxygen atoms in total. The van der Waals surface area contributed by atoms with Gasteiger partial charge in [-0.05, 0) is 29.3 Å². The minimum Gasteiger partial charge on any atom is -0.208 e. The number of nitrogens with zero attached hydrogens (tertiary/aromatic N) is 3. The highest BCUT2D eigenvalue weighted by molar-refractivity contribution is 6.30. The van der Waals surface area contributed by atoms with Gasteiger partial charge in [-0.2, -0.15) is 0 Å². The van der Waals surface area contributed by atoms with Crippen molar-refractivity contribution in [3.8, 4) is 45.3 Å². The zero-order chi connectivity index (χ0) is 21.0. The molecule has 0 bridgehead atoms. The quantitative estimate of drug-likeness (QED) is 0.309. The SMILES string of the molecule is Clc1cccc(-c2nc(-c3ccccc3)nc(-c3cccc(-c4ccccc4)c3)n2)c1. The predicted octanol–water partition coefficient (Wildman–Crippen LogP) is 7.19. The Balaban J connectivity index is 1.67. The Morgan fingerprint density at radius 3 is 1.45 bits per heavy atom. The predicted molar refractivity (Wildman–Crippen MR) is 127 cm³/mol. The minimum atomic E-state index is 0.594.